The van der Waals surface area contributed by atoms with Gasteiger partial charge in [-0.3, -0.25) is 0 Å². The van der Waals surface area contributed by atoms with Gasteiger partial charge in [0.2, 0.25) is 10.0 Å². The number of ether oxygens (including phenoxy) is 2. The van der Waals surface area contributed by atoms with Crippen molar-refractivity contribution in [2.45, 2.75) is 4.90 Å². The number of carbonyl (C=O) groups excluding carboxylic acids is 1. The van der Waals surface area contributed by atoms with Crippen LogP contribution in [0.4, 0.5) is 4.39 Å². The number of benzene rings is 2. The molecule has 0 saturated heterocycles. The summed E-state index contributed by atoms with van der Waals surface area (Å²) in [6.07, 6.45) is 0. The number of nitrogens with one attached hydrogen (secondary N) is 1. The van der Waals surface area contributed by atoms with Gasteiger partial charge >= 0.3 is 5.97 Å². The van der Waals surface area contributed by atoms with Crippen molar-refractivity contribution >= 4 is 27.6 Å². The Labute approximate surface area is 149 Å². The zero-order valence-corrected chi connectivity index (χ0v) is 14.7. The molecule has 25 heavy (non-hydrogen) atoms. The van der Waals surface area contributed by atoms with Crippen LogP contribution in [0.2, 0.25) is 5.02 Å². The maximum Gasteiger partial charge on any atom is 0.341 e. The SMILES string of the molecule is CNS(=O)(=O)c1ccc(F)c(C(=O)OCCOc2ccc(Cl)cc2)c1. The van der Waals surface area contributed by atoms with E-state index in [1.54, 1.807) is 24.3 Å². The van der Waals surface area contributed by atoms with E-state index >= 15 is 0 Å². The third-order valence-electron chi connectivity index (χ3n) is 3.14. The maximum atomic E-state index is 13.8. The van der Waals surface area contributed by atoms with Gasteiger partial charge in [0.25, 0.3) is 0 Å². The van der Waals surface area contributed by atoms with Crippen molar-refractivity contribution in [3.8, 4) is 5.75 Å². The lowest BCUT2D eigenvalue weighted by molar-refractivity contribution is 0.0445. The molecular weight excluding hydrogens is 373 g/mol. The summed E-state index contributed by atoms with van der Waals surface area (Å²) in [6, 6.07) is 9.46. The molecule has 0 bridgehead atoms. The molecule has 6 nitrogen and oxygen atoms in total. The molecule has 0 heterocycles. The molecule has 2 aromatic rings. The summed E-state index contributed by atoms with van der Waals surface area (Å²) >= 11 is 5.74. The van der Waals surface area contributed by atoms with Gasteiger partial charge in [-0.15, -0.1) is 0 Å². The third kappa shape index (κ3) is 5.15. The number of rotatable bonds is 7. The van der Waals surface area contributed by atoms with Gasteiger partial charge < -0.3 is 9.47 Å². The largest absolute Gasteiger partial charge is 0.490 e. The van der Waals surface area contributed by atoms with E-state index in [0.29, 0.717) is 10.8 Å². The lowest BCUT2D eigenvalue weighted by Crippen LogP contribution is -2.20. The van der Waals surface area contributed by atoms with Crippen molar-refractivity contribution in [2.24, 2.45) is 0 Å². The molecule has 2 rings (SSSR count). The van der Waals surface area contributed by atoms with Gasteiger partial charge in [0.05, 0.1) is 10.5 Å². The van der Waals surface area contributed by atoms with Crippen LogP contribution in [0.5, 0.6) is 5.75 Å². The van der Waals surface area contributed by atoms with E-state index in [4.69, 9.17) is 21.1 Å². The fourth-order valence-corrected chi connectivity index (χ4v) is 2.73. The minimum atomic E-state index is -3.80. The van der Waals surface area contributed by atoms with Gasteiger partial charge in [0.15, 0.2) is 0 Å². The minimum Gasteiger partial charge on any atom is -0.490 e. The van der Waals surface area contributed by atoms with E-state index in [1.165, 1.54) is 7.05 Å². The van der Waals surface area contributed by atoms with Crippen LogP contribution in [0.1, 0.15) is 10.4 Å². The first-order valence-corrected chi connectivity index (χ1v) is 8.98. The van der Waals surface area contributed by atoms with Gasteiger partial charge in [-0.05, 0) is 49.5 Å². The Morgan fingerprint density at radius 2 is 1.84 bits per heavy atom. The van der Waals surface area contributed by atoms with Crippen LogP contribution in [-0.2, 0) is 14.8 Å². The van der Waals surface area contributed by atoms with Gasteiger partial charge in [-0.1, -0.05) is 11.6 Å². The van der Waals surface area contributed by atoms with Gasteiger partial charge in [0, 0.05) is 5.02 Å². The van der Waals surface area contributed by atoms with E-state index < -0.39 is 27.4 Å². The molecule has 0 atom stereocenters. The Bertz CT molecular complexity index is 855. The number of hydrogen-bond donors (Lipinski definition) is 1. The fraction of sp³-hybridized carbons (Fsp3) is 0.188. The number of halogens is 2. The Balaban J connectivity index is 1.96. The van der Waals surface area contributed by atoms with Gasteiger partial charge in [-0.25, -0.2) is 22.3 Å². The predicted octanol–water partition coefficient (Wildman–Crippen LogP) is 2.62. The number of sulfonamides is 1. The highest BCUT2D eigenvalue weighted by Crippen LogP contribution is 2.17. The Hall–Kier alpha value is -2.16. The van der Waals surface area contributed by atoms with E-state index in [0.717, 1.165) is 18.2 Å². The Morgan fingerprint density at radius 1 is 1.16 bits per heavy atom. The van der Waals surface area contributed by atoms with E-state index in [1.807, 2.05) is 0 Å². The van der Waals surface area contributed by atoms with Crippen molar-refractivity contribution in [3.63, 3.8) is 0 Å². The first-order chi connectivity index (χ1) is 11.8. The second-order valence-corrected chi connectivity index (χ2v) is 7.11. The molecule has 134 valence electrons. The fourth-order valence-electron chi connectivity index (χ4n) is 1.85. The van der Waals surface area contributed by atoms with E-state index in [9.17, 15) is 17.6 Å². The first-order valence-electron chi connectivity index (χ1n) is 7.12. The monoisotopic (exact) mass is 387 g/mol. The third-order valence-corrected chi connectivity index (χ3v) is 4.80. The van der Waals surface area contributed by atoms with Crippen molar-refractivity contribution in [1.82, 2.24) is 4.72 Å². The summed E-state index contributed by atoms with van der Waals surface area (Å²) in [5.41, 5.74) is -0.470. The van der Waals surface area contributed by atoms with Gasteiger partial charge in [-0.2, -0.15) is 0 Å². The molecule has 0 aliphatic rings. The average Bonchev–Trinajstić information content (AvgIpc) is 2.60. The molecular formula is C16H15ClFNO5S. The van der Waals surface area contributed by atoms with Crippen LogP contribution in [0.15, 0.2) is 47.4 Å². The summed E-state index contributed by atoms with van der Waals surface area (Å²) in [7, 11) is -2.58. The molecule has 0 saturated carbocycles. The number of esters is 1. The molecule has 0 spiro atoms. The van der Waals surface area contributed by atoms with Gasteiger partial charge in [0.1, 0.15) is 24.8 Å². The zero-order chi connectivity index (χ0) is 18.4. The summed E-state index contributed by atoms with van der Waals surface area (Å²) in [4.78, 5) is 11.7. The maximum absolute atomic E-state index is 13.8. The number of carbonyl (C=O) groups is 1. The lowest BCUT2D eigenvalue weighted by atomic mass is 10.2. The standard InChI is InChI=1S/C16H15ClFNO5S/c1-19-25(21,22)13-6-7-15(18)14(10-13)16(20)24-9-8-23-12-4-2-11(17)3-5-12/h2-7,10,19H,8-9H2,1H3. The minimum absolute atomic E-state index is 0.0451. The Kier molecular flexibility index (Phi) is 6.35. The van der Waals surface area contributed by atoms with Crippen molar-refractivity contribution in [3.05, 3.63) is 58.9 Å². The van der Waals surface area contributed by atoms with E-state index in [2.05, 4.69) is 4.72 Å². The van der Waals surface area contributed by atoms with Crippen LogP contribution < -0.4 is 9.46 Å². The van der Waals surface area contributed by atoms with Crippen LogP contribution in [0.25, 0.3) is 0 Å². The molecule has 1 N–H and O–H groups in total. The average molecular weight is 388 g/mol. The summed E-state index contributed by atoms with van der Waals surface area (Å²) in [6.45, 7) is -0.0899. The number of hydrogen-bond acceptors (Lipinski definition) is 5. The van der Waals surface area contributed by atoms with Crippen molar-refractivity contribution in [2.75, 3.05) is 20.3 Å². The molecule has 0 unspecified atom stereocenters. The topological polar surface area (TPSA) is 81.7 Å². The quantitative estimate of drug-likeness (QED) is 0.583. The second kappa shape index (κ2) is 8.28. The van der Waals surface area contributed by atoms with Crippen LogP contribution in [-0.4, -0.2) is 34.6 Å². The highest BCUT2D eigenvalue weighted by Gasteiger charge is 2.19. The molecule has 0 aliphatic carbocycles. The molecule has 0 radical (unpaired) electrons. The van der Waals surface area contributed by atoms with Crippen LogP contribution in [0.3, 0.4) is 0 Å². The highest BCUT2D eigenvalue weighted by atomic mass is 35.5. The van der Waals surface area contributed by atoms with Crippen molar-refractivity contribution < 1.29 is 27.1 Å². The molecule has 0 amide bonds. The highest BCUT2D eigenvalue weighted by molar-refractivity contribution is 7.89. The predicted molar refractivity (Wildman–Crippen MR) is 89.9 cm³/mol. The first kappa shape index (κ1) is 19.2. The second-order valence-electron chi connectivity index (χ2n) is 4.79. The van der Waals surface area contributed by atoms with E-state index in [-0.39, 0.29) is 18.1 Å². The lowest BCUT2D eigenvalue weighted by Gasteiger charge is -2.09. The zero-order valence-electron chi connectivity index (χ0n) is 13.2. The van der Waals surface area contributed by atoms with Crippen LogP contribution in [0, 0.1) is 5.82 Å². The normalized spacial score (nSPS) is 11.2. The molecule has 0 aromatic heterocycles. The summed E-state index contributed by atoms with van der Waals surface area (Å²) in [5.74, 6) is -1.32. The molecule has 0 aliphatic heterocycles. The molecule has 0 fully saturated rings. The molecule has 9 heteroatoms. The van der Waals surface area contributed by atoms with Crippen molar-refractivity contribution in [1.29, 1.82) is 0 Å². The van der Waals surface area contributed by atoms with Crippen LogP contribution >= 0.6 is 11.6 Å². The smallest absolute Gasteiger partial charge is 0.341 e. The summed E-state index contributed by atoms with van der Waals surface area (Å²) < 4.78 is 49.5. The molecule has 2 aromatic carbocycles. The Morgan fingerprint density at radius 3 is 2.48 bits per heavy atom. The summed E-state index contributed by atoms with van der Waals surface area (Å²) in [5, 5.41) is 0.561.